The maximum absolute atomic E-state index is 9.90. The second-order valence-corrected chi connectivity index (χ2v) is 6.01. The molecule has 0 fully saturated rings. The Balaban J connectivity index is 2.17. The van der Waals surface area contributed by atoms with E-state index >= 15 is 0 Å². The number of aryl methyl sites for hydroxylation is 1. The van der Waals surface area contributed by atoms with Gasteiger partial charge in [-0.05, 0) is 18.6 Å². The van der Waals surface area contributed by atoms with Crippen molar-refractivity contribution in [3.63, 3.8) is 0 Å². The lowest BCUT2D eigenvalue weighted by molar-refractivity contribution is 0.0384. The Morgan fingerprint density at radius 1 is 0.667 bits per heavy atom. The number of benzene rings is 1. The molecule has 0 aliphatic heterocycles. The van der Waals surface area contributed by atoms with Crippen molar-refractivity contribution in [3.05, 3.63) is 27.5 Å². The predicted molar refractivity (Wildman–Crippen MR) is 111 cm³/mol. The van der Waals surface area contributed by atoms with Gasteiger partial charge in [0.2, 0.25) is 0 Å². The van der Waals surface area contributed by atoms with E-state index in [1.807, 2.05) is 13.0 Å². The normalized spacial score (nSPS) is 10.7. The Bertz CT molecular complexity index is 552. The molecule has 11 nitrogen and oxygen atoms in total. The summed E-state index contributed by atoms with van der Waals surface area (Å²) in [6.07, 6.45) is 0. The van der Waals surface area contributed by atoms with Crippen molar-refractivity contribution in [1.29, 1.82) is 0 Å². The summed E-state index contributed by atoms with van der Waals surface area (Å²) in [6.45, 7) is 5.93. The van der Waals surface area contributed by atoms with Crippen molar-refractivity contribution in [2.24, 2.45) is 10.4 Å². The van der Waals surface area contributed by atoms with Crippen LogP contribution in [0.1, 0.15) is 5.56 Å². The van der Waals surface area contributed by atoms with Crippen LogP contribution in [0.4, 0.5) is 5.69 Å². The van der Waals surface area contributed by atoms with E-state index in [0.29, 0.717) is 83.3 Å². The summed E-state index contributed by atoms with van der Waals surface area (Å²) < 4.78 is 32.4. The van der Waals surface area contributed by atoms with Gasteiger partial charge in [-0.25, -0.2) is 0 Å². The number of rotatable bonds is 20. The first-order valence-electron chi connectivity index (χ1n) is 9.74. The molecule has 0 heterocycles. The largest absolute Gasteiger partial charge is 0.491 e. The highest BCUT2D eigenvalue weighted by atomic mass is 16.6. The van der Waals surface area contributed by atoms with E-state index in [-0.39, 0.29) is 13.1 Å². The van der Waals surface area contributed by atoms with Crippen molar-refractivity contribution >= 4 is 5.69 Å². The van der Waals surface area contributed by atoms with E-state index in [0.717, 1.165) is 5.56 Å². The molecule has 0 radical (unpaired) electrons. The summed E-state index contributed by atoms with van der Waals surface area (Å²) in [5.41, 5.74) is 7.39. The van der Waals surface area contributed by atoms with Crippen LogP contribution in [0, 0.1) is 16.7 Å². The SMILES string of the molecule is Cc1cc(OCCOCCOCCN=O)c(N)cc1OCCOCCOCCN=O. The minimum atomic E-state index is 0.144. The fourth-order valence-electron chi connectivity index (χ4n) is 2.23. The summed E-state index contributed by atoms with van der Waals surface area (Å²) in [5.74, 6) is 1.23. The van der Waals surface area contributed by atoms with Crippen molar-refractivity contribution in [1.82, 2.24) is 0 Å². The molecule has 170 valence electrons. The molecule has 0 bridgehead atoms. The molecule has 0 spiro atoms. The van der Waals surface area contributed by atoms with Crippen LogP contribution in [0.25, 0.3) is 0 Å². The monoisotopic (exact) mass is 429 g/mol. The maximum atomic E-state index is 9.90. The first kappa shape index (κ1) is 25.7. The maximum Gasteiger partial charge on any atom is 0.142 e. The molecule has 0 aliphatic rings. The molecule has 0 saturated heterocycles. The quantitative estimate of drug-likeness (QED) is 0.187. The fraction of sp³-hybridized carbons (Fsp3) is 0.684. The van der Waals surface area contributed by atoms with Crippen LogP contribution in [0.2, 0.25) is 0 Å². The van der Waals surface area contributed by atoms with E-state index in [1.165, 1.54) is 0 Å². The van der Waals surface area contributed by atoms with Gasteiger partial charge in [-0.3, -0.25) is 0 Å². The minimum Gasteiger partial charge on any atom is -0.491 e. The van der Waals surface area contributed by atoms with Gasteiger partial charge in [0.25, 0.3) is 0 Å². The number of ether oxygens (including phenoxy) is 6. The Kier molecular flexibility index (Phi) is 15.0. The number of nitroso groups, excluding NO2 is 2. The third-order valence-corrected chi connectivity index (χ3v) is 3.68. The Morgan fingerprint density at radius 2 is 1.10 bits per heavy atom. The van der Waals surface area contributed by atoms with E-state index in [4.69, 9.17) is 34.2 Å². The van der Waals surface area contributed by atoms with E-state index < -0.39 is 0 Å². The number of hydrogen-bond donors (Lipinski definition) is 1. The zero-order chi connectivity index (χ0) is 21.9. The van der Waals surface area contributed by atoms with Gasteiger partial charge < -0.3 is 34.2 Å². The third-order valence-electron chi connectivity index (χ3n) is 3.68. The number of nitrogens with zero attached hydrogens (tertiary/aromatic N) is 2. The lowest BCUT2D eigenvalue weighted by atomic mass is 10.2. The molecule has 0 amide bonds. The summed E-state index contributed by atoms with van der Waals surface area (Å²) >= 11 is 0. The van der Waals surface area contributed by atoms with Gasteiger partial charge in [0.05, 0.1) is 58.5 Å². The molecule has 0 unspecified atom stereocenters. The fourth-order valence-corrected chi connectivity index (χ4v) is 2.23. The van der Waals surface area contributed by atoms with E-state index in [2.05, 4.69) is 10.4 Å². The highest BCUT2D eigenvalue weighted by molar-refractivity contribution is 5.59. The molecule has 1 rings (SSSR count). The van der Waals surface area contributed by atoms with Crippen LogP contribution in [0.15, 0.2) is 22.5 Å². The first-order chi connectivity index (χ1) is 14.7. The van der Waals surface area contributed by atoms with Crippen molar-refractivity contribution in [2.45, 2.75) is 6.92 Å². The number of nitrogens with two attached hydrogens (primary N) is 1. The zero-order valence-corrected chi connectivity index (χ0v) is 17.4. The van der Waals surface area contributed by atoms with Crippen LogP contribution in [-0.2, 0) is 18.9 Å². The standard InChI is InChI=1S/C19H31N3O8/c1-16-14-19(30-13-11-28-9-7-26-5-3-22-24)17(20)15-18(16)29-12-10-27-8-6-25-4-2-21-23/h14-15H,2-13,20H2,1H3. The van der Waals surface area contributed by atoms with Gasteiger partial charge in [0, 0.05) is 6.07 Å². The van der Waals surface area contributed by atoms with Crippen LogP contribution < -0.4 is 15.2 Å². The molecular formula is C19H31N3O8. The van der Waals surface area contributed by atoms with Crippen LogP contribution >= 0.6 is 0 Å². The highest BCUT2D eigenvalue weighted by Gasteiger charge is 2.08. The molecule has 30 heavy (non-hydrogen) atoms. The van der Waals surface area contributed by atoms with Crippen molar-refractivity contribution < 1.29 is 28.4 Å². The Labute approximate surface area is 176 Å². The molecule has 2 N–H and O–H groups in total. The van der Waals surface area contributed by atoms with Crippen LogP contribution in [-0.4, -0.2) is 79.2 Å². The average Bonchev–Trinajstić information content (AvgIpc) is 2.74. The minimum absolute atomic E-state index is 0.144. The number of nitrogen functional groups attached to an aromatic ring is 1. The number of hydrogen-bond acceptors (Lipinski definition) is 11. The molecule has 1 aromatic carbocycles. The second kappa shape index (κ2) is 17.5. The molecule has 0 atom stereocenters. The van der Waals surface area contributed by atoms with Gasteiger partial charge in [-0.2, -0.15) is 9.81 Å². The summed E-state index contributed by atoms with van der Waals surface area (Å²) in [4.78, 5) is 19.8. The Morgan fingerprint density at radius 3 is 1.60 bits per heavy atom. The van der Waals surface area contributed by atoms with Crippen molar-refractivity contribution in [2.75, 3.05) is 84.9 Å². The van der Waals surface area contributed by atoms with Gasteiger partial charge in [-0.15, -0.1) is 0 Å². The lowest BCUT2D eigenvalue weighted by Crippen LogP contribution is -2.13. The first-order valence-corrected chi connectivity index (χ1v) is 9.74. The molecule has 1 aromatic rings. The van der Waals surface area contributed by atoms with Gasteiger partial charge in [0.15, 0.2) is 0 Å². The lowest BCUT2D eigenvalue weighted by Gasteiger charge is -2.14. The predicted octanol–water partition coefficient (Wildman–Crippen LogP) is 1.93. The van der Waals surface area contributed by atoms with Gasteiger partial charge >= 0.3 is 0 Å². The van der Waals surface area contributed by atoms with E-state index in [9.17, 15) is 9.81 Å². The van der Waals surface area contributed by atoms with Gasteiger partial charge in [-0.1, -0.05) is 10.4 Å². The summed E-state index contributed by atoms with van der Waals surface area (Å²) in [7, 11) is 0. The molecule has 11 heteroatoms. The highest BCUT2D eigenvalue weighted by Crippen LogP contribution is 2.30. The number of anilines is 1. The van der Waals surface area contributed by atoms with E-state index in [1.54, 1.807) is 6.07 Å². The molecular weight excluding hydrogens is 398 g/mol. The molecule has 0 saturated carbocycles. The molecule has 0 aromatic heterocycles. The second-order valence-electron chi connectivity index (χ2n) is 6.01. The zero-order valence-electron chi connectivity index (χ0n) is 17.4. The smallest absolute Gasteiger partial charge is 0.142 e. The topological polar surface area (TPSA) is 140 Å². The summed E-state index contributed by atoms with van der Waals surface area (Å²) in [6, 6.07) is 3.53. The third kappa shape index (κ3) is 12.3. The molecule has 0 aliphatic carbocycles. The van der Waals surface area contributed by atoms with Gasteiger partial charge in [0.1, 0.15) is 37.8 Å². The summed E-state index contributed by atoms with van der Waals surface area (Å²) in [5, 5.41) is 5.40. The van der Waals surface area contributed by atoms with Crippen molar-refractivity contribution in [3.8, 4) is 11.5 Å². The Hall–Kier alpha value is -2.34. The van der Waals surface area contributed by atoms with Crippen LogP contribution in [0.3, 0.4) is 0 Å². The average molecular weight is 429 g/mol. The van der Waals surface area contributed by atoms with Crippen LogP contribution in [0.5, 0.6) is 11.5 Å².